The fourth-order valence-corrected chi connectivity index (χ4v) is 2.84. The van der Waals surface area contributed by atoms with Crippen LogP contribution in [0.5, 0.6) is 0 Å². The van der Waals surface area contributed by atoms with E-state index in [1.807, 2.05) is 0 Å². The van der Waals surface area contributed by atoms with Gasteiger partial charge in [-0.15, -0.1) is 0 Å². The van der Waals surface area contributed by atoms with Gasteiger partial charge in [0.1, 0.15) is 0 Å². The van der Waals surface area contributed by atoms with Crippen molar-refractivity contribution in [2.75, 3.05) is 17.0 Å². The van der Waals surface area contributed by atoms with Crippen molar-refractivity contribution in [3.63, 3.8) is 0 Å². The average Bonchev–Trinajstić information content (AvgIpc) is 3.05. The van der Waals surface area contributed by atoms with Crippen molar-refractivity contribution in [2.24, 2.45) is 0 Å². The van der Waals surface area contributed by atoms with Crippen LogP contribution in [0.25, 0.3) is 0 Å². The van der Waals surface area contributed by atoms with Crippen molar-refractivity contribution in [2.45, 2.75) is 18.9 Å². The molecule has 0 atom stereocenters. The summed E-state index contributed by atoms with van der Waals surface area (Å²) in [5.41, 5.74) is 0.520. The van der Waals surface area contributed by atoms with E-state index in [2.05, 4.69) is 31.0 Å². The molecule has 1 saturated carbocycles. The van der Waals surface area contributed by atoms with E-state index < -0.39 is 10.0 Å². The van der Waals surface area contributed by atoms with Crippen molar-refractivity contribution >= 4 is 31.6 Å². The maximum absolute atomic E-state index is 11.8. The monoisotopic (exact) mass is 319 g/mol. The third-order valence-corrected chi connectivity index (χ3v) is 4.32. The highest BCUT2D eigenvalue weighted by Gasteiger charge is 2.21. The Morgan fingerprint density at radius 1 is 1.47 bits per heavy atom. The van der Waals surface area contributed by atoms with Gasteiger partial charge in [-0.2, -0.15) is 0 Å². The van der Waals surface area contributed by atoms with Crippen LogP contribution in [-0.2, 0) is 10.0 Å². The van der Waals surface area contributed by atoms with E-state index in [1.54, 1.807) is 18.5 Å². The molecule has 0 bridgehead atoms. The van der Waals surface area contributed by atoms with Gasteiger partial charge < -0.3 is 5.32 Å². The van der Waals surface area contributed by atoms with Crippen LogP contribution in [0.4, 0.5) is 5.69 Å². The minimum Gasteiger partial charge on any atom is -0.313 e. The molecule has 5 nitrogen and oxygen atoms in total. The van der Waals surface area contributed by atoms with E-state index in [-0.39, 0.29) is 5.75 Å². The molecule has 17 heavy (non-hydrogen) atoms. The highest BCUT2D eigenvalue weighted by molar-refractivity contribution is 9.10. The summed E-state index contributed by atoms with van der Waals surface area (Å²) in [6, 6.07) is 2.15. The lowest BCUT2D eigenvalue weighted by molar-refractivity contribution is 0.595. The van der Waals surface area contributed by atoms with E-state index >= 15 is 0 Å². The molecule has 1 aromatic rings. The molecule has 94 valence electrons. The molecule has 2 rings (SSSR count). The van der Waals surface area contributed by atoms with Crippen LogP contribution in [0.2, 0.25) is 0 Å². The van der Waals surface area contributed by atoms with E-state index in [9.17, 15) is 8.42 Å². The van der Waals surface area contributed by atoms with Crippen molar-refractivity contribution in [1.82, 2.24) is 10.3 Å². The minimum absolute atomic E-state index is 0.0816. The zero-order valence-electron chi connectivity index (χ0n) is 9.19. The van der Waals surface area contributed by atoms with Crippen molar-refractivity contribution in [3.05, 3.63) is 22.9 Å². The first-order chi connectivity index (χ1) is 8.07. The molecule has 1 aromatic heterocycles. The van der Waals surface area contributed by atoms with Crippen molar-refractivity contribution < 1.29 is 8.42 Å². The summed E-state index contributed by atoms with van der Waals surface area (Å²) in [7, 11) is -3.30. The molecule has 1 heterocycles. The van der Waals surface area contributed by atoms with E-state index in [4.69, 9.17) is 0 Å². The Morgan fingerprint density at radius 3 is 2.88 bits per heavy atom. The lowest BCUT2D eigenvalue weighted by Gasteiger charge is -2.09. The van der Waals surface area contributed by atoms with Crippen LogP contribution < -0.4 is 10.0 Å². The zero-order valence-corrected chi connectivity index (χ0v) is 11.6. The number of aromatic nitrogens is 1. The van der Waals surface area contributed by atoms with Gasteiger partial charge in [0, 0.05) is 25.0 Å². The van der Waals surface area contributed by atoms with Gasteiger partial charge in [-0.1, -0.05) is 0 Å². The molecule has 1 aliphatic carbocycles. The van der Waals surface area contributed by atoms with Gasteiger partial charge in [0.15, 0.2) is 0 Å². The third kappa shape index (κ3) is 4.25. The van der Waals surface area contributed by atoms with Gasteiger partial charge in [-0.25, -0.2) is 8.42 Å². The summed E-state index contributed by atoms with van der Waals surface area (Å²) in [5.74, 6) is 0.0816. The number of hydrogen-bond acceptors (Lipinski definition) is 4. The Kier molecular flexibility index (Phi) is 4.01. The Labute approximate surface area is 109 Å². The predicted molar refractivity (Wildman–Crippen MR) is 70.4 cm³/mol. The number of nitrogens with zero attached hydrogens (tertiary/aromatic N) is 1. The Hall–Kier alpha value is -0.660. The molecule has 1 fully saturated rings. The first-order valence-corrected chi connectivity index (χ1v) is 7.85. The molecule has 0 spiro atoms. The van der Waals surface area contributed by atoms with Crippen LogP contribution in [0.3, 0.4) is 0 Å². The normalized spacial score (nSPS) is 15.8. The molecule has 0 amide bonds. The minimum atomic E-state index is -3.30. The number of anilines is 1. The molecule has 0 radical (unpaired) electrons. The largest absolute Gasteiger partial charge is 0.313 e. The molecule has 0 saturated heterocycles. The number of rotatable bonds is 6. The van der Waals surface area contributed by atoms with Gasteiger partial charge >= 0.3 is 0 Å². The Balaban J connectivity index is 1.89. The number of hydrogen-bond donors (Lipinski definition) is 2. The van der Waals surface area contributed by atoms with Gasteiger partial charge in [0.25, 0.3) is 0 Å². The first-order valence-electron chi connectivity index (χ1n) is 5.40. The SMILES string of the molecule is O=S(=O)(CCNC1CC1)Nc1ccncc1Br. The summed E-state index contributed by atoms with van der Waals surface area (Å²) < 4.78 is 26.7. The van der Waals surface area contributed by atoms with Crippen LogP contribution in [-0.4, -0.2) is 31.7 Å². The standard InChI is InChI=1S/C10H14BrN3O2S/c11-9-7-12-4-3-10(9)14-17(15,16)6-5-13-8-1-2-8/h3-4,7-8,13H,1-2,5-6H2,(H,12,14). The zero-order chi connectivity index (χ0) is 12.3. The predicted octanol–water partition coefficient (Wildman–Crippen LogP) is 1.34. The molecular formula is C10H14BrN3O2S. The topological polar surface area (TPSA) is 71.1 Å². The molecule has 7 heteroatoms. The lowest BCUT2D eigenvalue weighted by atomic mass is 10.4. The molecule has 2 N–H and O–H groups in total. The lowest BCUT2D eigenvalue weighted by Crippen LogP contribution is -2.28. The maximum Gasteiger partial charge on any atom is 0.234 e. The van der Waals surface area contributed by atoms with Crippen LogP contribution in [0, 0.1) is 0 Å². The van der Waals surface area contributed by atoms with Gasteiger partial charge in [0.05, 0.1) is 15.9 Å². The van der Waals surface area contributed by atoms with E-state index in [1.165, 1.54) is 0 Å². The summed E-state index contributed by atoms with van der Waals surface area (Å²) >= 11 is 3.25. The highest BCUT2D eigenvalue weighted by atomic mass is 79.9. The average molecular weight is 320 g/mol. The first kappa shape index (κ1) is 12.8. The molecular weight excluding hydrogens is 306 g/mol. The summed E-state index contributed by atoms with van der Waals surface area (Å²) in [4.78, 5) is 3.87. The van der Waals surface area contributed by atoms with Gasteiger partial charge in [-0.3, -0.25) is 9.71 Å². The second-order valence-electron chi connectivity index (χ2n) is 4.00. The fourth-order valence-electron chi connectivity index (χ4n) is 1.36. The maximum atomic E-state index is 11.8. The van der Waals surface area contributed by atoms with Gasteiger partial charge in [0.2, 0.25) is 10.0 Å². The number of halogens is 1. The smallest absolute Gasteiger partial charge is 0.234 e. The number of sulfonamides is 1. The van der Waals surface area contributed by atoms with Crippen molar-refractivity contribution in [1.29, 1.82) is 0 Å². The van der Waals surface area contributed by atoms with E-state index in [0.717, 1.165) is 12.8 Å². The Bertz CT molecular complexity index is 488. The van der Waals surface area contributed by atoms with Crippen LogP contribution in [0.1, 0.15) is 12.8 Å². The molecule has 0 unspecified atom stereocenters. The van der Waals surface area contributed by atoms with E-state index in [0.29, 0.717) is 22.7 Å². The van der Waals surface area contributed by atoms with Crippen LogP contribution in [0.15, 0.2) is 22.9 Å². The highest BCUT2D eigenvalue weighted by Crippen LogP contribution is 2.21. The molecule has 0 aromatic carbocycles. The number of pyridine rings is 1. The number of nitrogens with one attached hydrogen (secondary N) is 2. The van der Waals surface area contributed by atoms with Crippen LogP contribution >= 0.6 is 15.9 Å². The third-order valence-electron chi connectivity index (χ3n) is 2.42. The van der Waals surface area contributed by atoms with Gasteiger partial charge in [-0.05, 0) is 34.8 Å². The summed E-state index contributed by atoms with van der Waals surface area (Å²) in [6.45, 7) is 0.489. The Morgan fingerprint density at radius 2 is 2.24 bits per heavy atom. The molecule has 0 aliphatic heterocycles. The molecule has 1 aliphatic rings. The fraction of sp³-hybridized carbons (Fsp3) is 0.500. The quantitative estimate of drug-likeness (QED) is 0.830. The van der Waals surface area contributed by atoms with Crippen molar-refractivity contribution in [3.8, 4) is 0 Å². The summed E-state index contributed by atoms with van der Waals surface area (Å²) in [5, 5.41) is 3.17. The second kappa shape index (κ2) is 5.32. The summed E-state index contributed by atoms with van der Waals surface area (Å²) in [6.07, 6.45) is 5.41. The second-order valence-corrected chi connectivity index (χ2v) is 6.70.